The molecule has 0 amide bonds. The molecule has 1 heterocycles. The van der Waals surface area contributed by atoms with Gasteiger partial charge in [0.25, 0.3) is 0 Å². The highest BCUT2D eigenvalue weighted by Crippen LogP contribution is 2.15. The summed E-state index contributed by atoms with van der Waals surface area (Å²) in [5.41, 5.74) is 0.928. The molecule has 0 unspecified atom stereocenters. The third-order valence-electron chi connectivity index (χ3n) is 2.43. The zero-order valence-electron chi connectivity index (χ0n) is 9.69. The van der Waals surface area contributed by atoms with Gasteiger partial charge in [0.15, 0.2) is 0 Å². The number of rotatable bonds is 2. The van der Waals surface area contributed by atoms with Crippen LogP contribution >= 0.6 is 0 Å². The largest absolute Gasteiger partial charge is 0.508 e. The smallest absolute Gasteiger partial charge is 0.119 e. The van der Waals surface area contributed by atoms with Gasteiger partial charge in [-0.25, -0.2) is 0 Å². The van der Waals surface area contributed by atoms with Crippen LogP contribution in [0.25, 0.3) is 0 Å². The Morgan fingerprint density at radius 1 is 1.19 bits per heavy atom. The van der Waals surface area contributed by atoms with Gasteiger partial charge in [0.05, 0.1) is 0 Å². The molecule has 1 aliphatic rings. The first-order valence-corrected chi connectivity index (χ1v) is 5.80. The average molecular weight is 220 g/mol. The Balaban J connectivity index is 0.000000181. The number of para-hydroxylation sites is 1. The molecule has 0 atom stereocenters. The van der Waals surface area contributed by atoms with Crippen LogP contribution in [0.1, 0.15) is 24.8 Å². The van der Waals surface area contributed by atoms with Gasteiger partial charge >= 0.3 is 0 Å². The van der Waals surface area contributed by atoms with Gasteiger partial charge in [-0.2, -0.15) is 0 Å². The zero-order valence-corrected chi connectivity index (χ0v) is 9.69. The van der Waals surface area contributed by atoms with Gasteiger partial charge in [0.1, 0.15) is 5.75 Å². The molecule has 2 heteroatoms. The van der Waals surface area contributed by atoms with E-state index >= 15 is 0 Å². The Morgan fingerprint density at radius 3 is 2.31 bits per heavy atom. The van der Waals surface area contributed by atoms with Crippen LogP contribution in [-0.4, -0.2) is 18.3 Å². The Morgan fingerprint density at radius 2 is 1.88 bits per heavy atom. The number of phenols is 1. The van der Waals surface area contributed by atoms with E-state index in [0.717, 1.165) is 25.2 Å². The summed E-state index contributed by atoms with van der Waals surface area (Å²) in [5.74, 6) is 0.349. The van der Waals surface area contributed by atoms with E-state index in [0.29, 0.717) is 5.75 Å². The van der Waals surface area contributed by atoms with E-state index in [1.165, 1.54) is 19.3 Å². The molecule has 0 aliphatic carbocycles. The molecular weight excluding hydrogens is 200 g/mol. The molecular formula is C14H20O2. The maximum atomic E-state index is 9.19. The highest BCUT2D eigenvalue weighted by molar-refractivity contribution is 5.32. The Hall–Kier alpha value is -1.28. The monoisotopic (exact) mass is 220 g/mol. The summed E-state index contributed by atoms with van der Waals surface area (Å²) in [6.07, 6.45) is 6.43. The number of benzene rings is 1. The van der Waals surface area contributed by atoms with E-state index in [4.69, 9.17) is 4.74 Å². The summed E-state index contributed by atoms with van der Waals surface area (Å²) in [6, 6.07) is 7.27. The normalized spacial score (nSPS) is 14.8. The molecule has 1 fully saturated rings. The first-order chi connectivity index (χ1) is 7.84. The molecule has 2 nitrogen and oxygen atoms in total. The Bertz CT molecular complexity index is 292. The molecule has 0 spiro atoms. The van der Waals surface area contributed by atoms with Crippen molar-refractivity contribution < 1.29 is 9.84 Å². The standard InChI is InChI=1S/C9H10O.C5H10O/c1-2-5-8-6-3-4-7-9(8)10;1-2-4-6-5-3-1/h2-4,6-7,10H,1,5H2;1-5H2. The number of ether oxygens (including phenoxy) is 1. The lowest BCUT2D eigenvalue weighted by atomic mass is 10.1. The second-order valence-corrected chi connectivity index (χ2v) is 3.79. The van der Waals surface area contributed by atoms with Crippen LogP contribution in [-0.2, 0) is 11.2 Å². The van der Waals surface area contributed by atoms with Crippen molar-refractivity contribution in [3.8, 4) is 5.75 Å². The molecule has 2 rings (SSSR count). The van der Waals surface area contributed by atoms with Crippen LogP contribution in [0.3, 0.4) is 0 Å². The number of phenolic OH excluding ortho intramolecular Hbond substituents is 1. The highest BCUT2D eigenvalue weighted by Gasteiger charge is 1.95. The van der Waals surface area contributed by atoms with Crippen LogP contribution < -0.4 is 0 Å². The van der Waals surface area contributed by atoms with Crippen LogP contribution in [0, 0.1) is 0 Å². The van der Waals surface area contributed by atoms with Gasteiger partial charge in [0.2, 0.25) is 0 Å². The van der Waals surface area contributed by atoms with Crippen molar-refractivity contribution in [3.63, 3.8) is 0 Å². The number of allylic oxidation sites excluding steroid dienone is 1. The van der Waals surface area contributed by atoms with Crippen LogP contribution in [0.4, 0.5) is 0 Å². The van der Waals surface area contributed by atoms with Gasteiger partial charge in [-0.1, -0.05) is 24.3 Å². The van der Waals surface area contributed by atoms with Gasteiger partial charge in [-0.3, -0.25) is 0 Å². The Labute approximate surface area is 97.6 Å². The van der Waals surface area contributed by atoms with Crippen molar-refractivity contribution in [2.45, 2.75) is 25.7 Å². The quantitative estimate of drug-likeness (QED) is 0.775. The van der Waals surface area contributed by atoms with E-state index in [-0.39, 0.29) is 0 Å². The molecule has 1 aromatic carbocycles. The predicted molar refractivity (Wildman–Crippen MR) is 66.7 cm³/mol. The van der Waals surface area contributed by atoms with Crippen molar-refractivity contribution in [1.29, 1.82) is 0 Å². The lowest BCUT2D eigenvalue weighted by Gasteiger charge is -2.08. The van der Waals surface area contributed by atoms with E-state index in [1.54, 1.807) is 12.1 Å². The van der Waals surface area contributed by atoms with Crippen LogP contribution in [0.15, 0.2) is 36.9 Å². The first-order valence-electron chi connectivity index (χ1n) is 5.80. The van der Waals surface area contributed by atoms with Gasteiger partial charge in [-0.15, -0.1) is 6.58 Å². The summed E-state index contributed by atoms with van der Waals surface area (Å²) in [7, 11) is 0. The fourth-order valence-corrected chi connectivity index (χ4v) is 1.53. The molecule has 0 radical (unpaired) electrons. The van der Waals surface area contributed by atoms with Crippen molar-refractivity contribution >= 4 is 0 Å². The van der Waals surface area contributed by atoms with Crippen molar-refractivity contribution in [1.82, 2.24) is 0 Å². The molecule has 1 aromatic rings. The van der Waals surface area contributed by atoms with Crippen molar-refractivity contribution in [3.05, 3.63) is 42.5 Å². The minimum atomic E-state index is 0.349. The molecule has 0 aromatic heterocycles. The fourth-order valence-electron chi connectivity index (χ4n) is 1.53. The molecule has 88 valence electrons. The third-order valence-corrected chi connectivity index (χ3v) is 2.43. The minimum absolute atomic E-state index is 0.349. The lowest BCUT2D eigenvalue weighted by Crippen LogP contribution is -2.03. The average Bonchev–Trinajstić information content (AvgIpc) is 2.35. The summed E-state index contributed by atoms with van der Waals surface area (Å²) in [6.45, 7) is 5.59. The molecule has 1 saturated heterocycles. The minimum Gasteiger partial charge on any atom is -0.508 e. The van der Waals surface area contributed by atoms with Crippen molar-refractivity contribution in [2.75, 3.05) is 13.2 Å². The van der Waals surface area contributed by atoms with E-state index in [1.807, 2.05) is 18.2 Å². The molecule has 0 saturated carbocycles. The van der Waals surface area contributed by atoms with E-state index < -0.39 is 0 Å². The summed E-state index contributed by atoms with van der Waals surface area (Å²) < 4.78 is 5.07. The number of hydrogen-bond acceptors (Lipinski definition) is 2. The maximum absolute atomic E-state index is 9.19. The molecule has 16 heavy (non-hydrogen) atoms. The second-order valence-electron chi connectivity index (χ2n) is 3.79. The maximum Gasteiger partial charge on any atom is 0.119 e. The third kappa shape index (κ3) is 4.99. The first kappa shape index (κ1) is 12.8. The molecule has 1 aliphatic heterocycles. The molecule has 1 N–H and O–H groups in total. The lowest BCUT2D eigenvalue weighted by molar-refractivity contribution is 0.0968. The number of aromatic hydroxyl groups is 1. The van der Waals surface area contributed by atoms with Gasteiger partial charge < -0.3 is 9.84 Å². The predicted octanol–water partition coefficient (Wildman–Crippen LogP) is 3.31. The zero-order chi connectivity index (χ0) is 11.6. The van der Waals surface area contributed by atoms with E-state index in [9.17, 15) is 5.11 Å². The van der Waals surface area contributed by atoms with Gasteiger partial charge in [0, 0.05) is 13.2 Å². The highest BCUT2D eigenvalue weighted by atomic mass is 16.5. The van der Waals surface area contributed by atoms with Crippen molar-refractivity contribution in [2.24, 2.45) is 0 Å². The SMILES string of the molecule is C1CCOCC1.C=CCc1ccccc1O. The van der Waals surface area contributed by atoms with Gasteiger partial charge in [-0.05, 0) is 37.3 Å². The summed E-state index contributed by atoms with van der Waals surface area (Å²) in [5, 5.41) is 9.19. The topological polar surface area (TPSA) is 29.5 Å². The second kappa shape index (κ2) is 7.94. The van der Waals surface area contributed by atoms with Crippen LogP contribution in [0.5, 0.6) is 5.75 Å². The molecule has 0 bridgehead atoms. The Kier molecular flexibility index (Phi) is 6.35. The van der Waals surface area contributed by atoms with Crippen LogP contribution in [0.2, 0.25) is 0 Å². The summed E-state index contributed by atoms with van der Waals surface area (Å²) in [4.78, 5) is 0. The fraction of sp³-hybridized carbons (Fsp3) is 0.429. The summed E-state index contributed by atoms with van der Waals surface area (Å²) >= 11 is 0. The number of hydrogen-bond donors (Lipinski definition) is 1. The van der Waals surface area contributed by atoms with E-state index in [2.05, 4.69) is 6.58 Å².